The van der Waals surface area contributed by atoms with E-state index in [1.165, 1.54) is 5.57 Å². The molecule has 2 N–H and O–H groups in total. The van der Waals surface area contributed by atoms with Crippen molar-refractivity contribution in [1.82, 2.24) is 0 Å². The minimum Gasteiger partial charge on any atom is -0.489 e. The summed E-state index contributed by atoms with van der Waals surface area (Å²) in [4.78, 5) is 13.5. The number of hydrogen-bond donors (Lipinski definition) is 1. The lowest BCUT2D eigenvalue weighted by molar-refractivity contribution is -0.116. The Kier molecular flexibility index (Phi) is 7.27. The van der Waals surface area contributed by atoms with Crippen molar-refractivity contribution in [3.8, 4) is 5.75 Å². The van der Waals surface area contributed by atoms with Crippen LogP contribution in [0.4, 0.5) is 5.69 Å². The van der Waals surface area contributed by atoms with E-state index in [9.17, 15) is 4.79 Å². The largest absolute Gasteiger partial charge is 0.489 e. The van der Waals surface area contributed by atoms with E-state index in [-0.39, 0.29) is 5.91 Å². The molecule has 0 atom stereocenters. The Hall–Kier alpha value is -2.75. The molecule has 2 aromatic carbocycles. The molecule has 0 unspecified atom stereocenters. The molecule has 0 spiro atoms. The van der Waals surface area contributed by atoms with E-state index < -0.39 is 0 Å². The fourth-order valence-corrected chi connectivity index (χ4v) is 2.41. The Morgan fingerprint density at radius 3 is 2.27 bits per heavy atom. The topological polar surface area (TPSA) is 55.6 Å². The van der Waals surface area contributed by atoms with Crippen molar-refractivity contribution in [2.45, 2.75) is 27.4 Å². The number of carbonyl (C=O) groups is 1. The van der Waals surface area contributed by atoms with Crippen molar-refractivity contribution >= 4 is 11.6 Å². The van der Waals surface area contributed by atoms with Gasteiger partial charge in [0.1, 0.15) is 12.4 Å². The fraction of sp³-hybridized carbons (Fsp3) is 0.273. The third kappa shape index (κ3) is 6.28. The summed E-state index contributed by atoms with van der Waals surface area (Å²) >= 11 is 0. The molecule has 0 aliphatic rings. The maximum Gasteiger partial charge on any atom is 0.226 e. The van der Waals surface area contributed by atoms with Crippen molar-refractivity contribution < 1.29 is 9.53 Å². The first kappa shape index (κ1) is 19.6. The predicted molar refractivity (Wildman–Crippen MR) is 107 cm³/mol. The van der Waals surface area contributed by atoms with E-state index in [1.807, 2.05) is 54.6 Å². The Morgan fingerprint density at radius 1 is 1.04 bits per heavy atom. The van der Waals surface area contributed by atoms with E-state index in [1.54, 1.807) is 6.92 Å². The number of nitrogens with zero attached hydrogens (tertiary/aromatic N) is 1. The van der Waals surface area contributed by atoms with Crippen LogP contribution in [0.25, 0.3) is 0 Å². The maximum atomic E-state index is 11.4. The van der Waals surface area contributed by atoms with E-state index in [2.05, 4.69) is 24.8 Å². The van der Waals surface area contributed by atoms with Gasteiger partial charge < -0.3 is 15.4 Å². The zero-order valence-electron chi connectivity index (χ0n) is 15.7. The monoisotopic (exact) mass is 351 g/mol. The van der Waals surface area contributed by atoms with Gasteiger partial charge in [-0.25, -0.2) is 0 Å². The number of nitrogens with two attached hydrogens (primary N) is 1. The number of primary amides is 1. The quantitative estimate of drug-likeness (QED) is 0.692. The molecular weight excluding hydrogens is 324 g/mol. The summed E-state index contributed by atoms with van der Waals surface area (Å²) in [6.07, 6.45) is 2.13. The van der Waals surface area contributed by atoms with Crippen molar-refractivity contribution in [3.63, 3.8) is 0 Å². The molecule has 1 radical (unpaired) electrons. The standard InChI is InChI=1S/C22H27N2O2/c1-17(2)13-14-24(15-18(3)22(23)25)20-9-11-21(12-10-20)26-16-19-7-5-4-6-8-19/h4-13H,14-16H2,1-3H3,(H2,23,25). The second-order valence-corrected chi connectivity index (χ2v) is 6.57. The molecule has 2 aromatic rings. The van der Waals surface area contributed by atoms with Gasteiger partial charge in [0.25, 0.3) is 0 Å². The molecule has 4 heteroatoms. The Labute approximate surface area is 156 Å². The average Bonchev–Trinajstić information content (AvgIpc) is 2.64. The average molecular weight is 351 g/mol. The molecule has 4 nitrogen and oxygen atoms in total. The molecular formula is C22H27N2O2. The van der Waals surface area contributed by atoms with Gasteiger partial charge in [-0.2, -0.15) is 0 Å². The number of allylic oxidation sites excluding steroid dienone is 1. The molecule has 0 bridgehead atoms. The van der Waals surface area contributed by atoms with E-state index in [0.717, 1.165) is 23.5 Å². The Bertz CT molecular complexity index is 720. The van der Waals surface area contributed by atoms with Crippen LogP contribution in [0.5, 0.6) is 5.75 Å². The summed E-state index contributed by atoms with van der Waals surface area (Å²) in [7, 11) is 0. The highest BCUT2D eigenvalue weighted by molar-refractivity contribution is 5.88. The summed E-state index contributed by atoms with van der Waals surface area (Å²) in [5.41, 5.74) is 8.79. The van der Waals surface area contributed by atoms with Crippen LogP contribution in [0.3, 0.4) is 0 Å². The predicted octanol–water partition coefficient (Wildman–Crippen LogP) is 4.12. The van der Waals surface area contributed by atoms with Crippen LogP contribution in [-0.4, -0.2) is 19.0 Å². The minimum absolute atomic E-state index is 0.366. The Balaban J connectivity index is 2.05. The number of hydrogen-bond acceptors (Lipinski definition) is 3. The summed E-state index contributed by atoms with van der Waals surface area (Å²) in [5, 5.41) is 0. The number of ether oxygens (including phenoxy) is 1. The van der Waals surface area contributed by atoms with E-state index in [0.29, 0.717) is 19.1 Å². The molecule has 0 aliphatic heterocycles. The number of rotatable bonds is 9. The van der Waals surface area contributed by atoms with Gasteiger partial charge in [0.2, 0.25) is 5.91 Å². The molecule has 137 valence electrons. The molecule has 0 aromatic heterocycles. The molecule has 26 heavy (non-hydrogen) atoms. The molecule has 0 saturated carbocycles. The molecule has 2 rings (SSSR count). The second-order valence-electron chi connectivity index (χ2n) is 6.57. The highest BCUT2D eigenvalue weighted by Crippen LogP contribution is 2.22. The van der Waals surface area contributed by atoms with Gasteiger partial charge >= 0.3 is 0 Å². The summed E-state index contributed by atoms with van der Waals surface area (Å²) in [6.45, 7) is 7.65. The highest BCUT2D eigenvalue weighted by Gasteiger charge is 2.15. The lowest BCUT2D eigenvalue weighted by atomic mass is 10.1. The van der Waals surface area contributed by atoms with Crippen LogP contribution in [-0.2, 0) is 11.4 Å². The molecule has 0 saturated heterocycles. The number of amides is 1. The summed E-state index contributed by atoms with van der Waals surface area (Å²) in [6, 6.07) is 18.0. The number of carbonyl (C=O) groups excluding carboxylic acids is 1. The van der Waals surface area contributed by atoms with Crippen LogP contribution in [0, 0.1) is 5.92 Å². The van der Waals surface area contributed by atoms with Gasteiger partial charge in [-0.3, -0.25) is 4.79 Å². The lowest BCUT2D eigenvalue weighted by Crippen LogP contribution is -2.33. The summed E-state index contributed by atoms with van der Waals surface area (Å²) < 4.78 is 5.83. The van der Waals surface area contributed by atoms with Crippen LogP contribution in [0.2, 0.25) is 0 Å². The third-order valence-electron chi connectivity index (χ3n) is 4.02. The third-order valence-corrected chi connectivity index (χ3v) is 4.02. The molecule has 0 aliphatic carbocycles. The van der Waals surface area contributed by atoms with Gasteiger partial charge in [0, 0.05) is 18.8 Å². The van der Waals surface area contributed by atoms with Crippen molar-refractivity contribution in [2.75, 3.05) is 18.0 Å². The van der Waals surface area contributed by atoms with Gasteiger partial charge in [-0.05, 0) is 50.6 Å². The minimum atomic E-state index is -0.366. The van der Waals surface area contributed by atoms with Crippen LogP contribution < -0.4 is 15.4 Å². The zero-order valence-corrected chi connectivity index (χ0v) is 15.7. The van der Waals surface area contributed by atoms with Gasteiger partial charge in [0.05, 0.1) is 5.92 Å². The maximum absolute atomic E-state index is 11.4. The van der Waals surface area contributed by atoms with Crippen molar-refractivity contribution in [1.29, 1.82) is 0 Å². The second kappa shape index (κ2) is 9.66. The summed E-state index contributed by atoms with van der Waals surface area (Å²) in [5.74, 6) is 1.09. The first-order valence-corrected chi connectivity index (χ1v) is 8.73. The fourth-order valence-electron chi connectivity index (χ4n) is 2.41. The highest BCUT2D eigenvalue weighted by atomic mass is 16.5. The number of benzene rings is 2. The molecule has 0 fully saturated rings. The van der Waals surface area contributed by atoms with Crippen LogP contribution in [0.15, 0.2) is 66.2 Å². The van der Waals surface area contributed by atoms with Crippen LogP contribution >= 0.6 is 0 Å². The molecule has 1 amide bonds. The normalized spacial score (nSPS) is 10.5. The van der Waals surface area contributed by atoms with Crippen molar-refractivity contribution in [3.05, 3.63) is 77.7 Å². The first-order valence-electron chi connectivity index (χ1n) is 8.73. The Morgan fingerprint density at radius 2 is 1.69 bits per heavy atom. The van der Waals surface area contributed by atoms with Gasteiger partial charge in [-0.1, -0.05) is 42.0 Å². The molecule has 0 heterocycles. The van der Waals surface area contributed by atoms with Crippen LogP contribution in [0.1, 0.15) is 26.3 Å². The first-order chi connectivity index (χ1) is 12.5. The SMILES string of the molecule is C[C](CN(CC=C(C)C)c1ccc(OCc2ccccc2)cc1)C(N)=O. The van der Waals surface area contributed by atoms with E-state index >= 15 is 0 Å². The van der Waals surface area contributed by atoms with Gasteiger partial charge in [0.15, 0.2) is 0 Å². The smallest absolute Gasteiger partial charge is 0.226 e. The zero-order chi connectivity index (χ0) is 18.9. The lowest BCUT2D eigenvalue weighted by Gasteiger charge is -2.26. The van der Waals surface area contributed by atoms with Crippen molar-refractivity contribution in [2.24, 2.45) is 5.73 Å². The number of anilines is 1. The van der Waals surface area contributed by atoms with E-state index in [4.69, 9.17) is 10.5 Å². The van der Waals surface area contributed by atoms with Gasteiger partial charge in [-0.15, -0.1) is 0 Å².